The lowest BCUT2D eigenvalue weighted by Crippen LogP contribution is -1.87. The quantitative estimate of drug-likeness (QED) is 0.687. The van der Waals surface area contributed by atoms with Crippen molar-refractivity contribution in [1.29, 1.82) is 0 Å². The van der Waals surface area contributed by atoms with Crippen molar-refractivity contribution in [2.24, 2.45) is 0 Å². The Labute approximate surface area is 110 Å². The molecule has 2 nitrogen and oxygen atoms in total. The Morgan fingerprint density at radius 2 is 1.84 bits per heavy atom. The Hall–Kier alpha value is -2.42. The number of ether oxygens (including phenoxy) is 1. The minimum atomic E-state index is -0.244. The van der Waals surface area contributed by atoms with Gasteiger partial charge in [-0.05, 0) is 41.8 Å². The van der Waals surface area contributed by atoms with Crippen molar-refractivity contribution in [2.45, 2.75) is 0 Å². The average Bonchev–Trinajstić information content (AvgIpc) is 2.47. The van der Waals surface area contributed by atoms with Gasteiger partial charge >= 0.3 is 0 Å². The van der Waals surface area contributed by atoms with Crippen LogP contribution in [0.5, 0.6) is 5.75 Å². The summed E-state index contributed by atoms with van der Waals surface area (Å²) in [5, 5.41) is 1.39. The fourth-order valence-corrected chi connectivity index (χ4v) is 2.05. The number of methoxy groups -OCH3 is 1. The standard InChI is InChI=1S/C16H12FNO/c1-19-13-7-5-11(6-8-13)16-9-12-3-2-4-15(17)14(12)10-18-16/h2-10H,1H3. The molecule has 94 valence electrons. The molecule has 0 spiro atoms. The van der Waals surface area contributed by atoms with Crippen molar-refractivity contribution in [3.8, 4) is 17.0 Å². The Bertz CT molecular complexity index is 722. The lowest BCUT2D eigenvalue weighted by atomic mass is 10.1. The Balaban J connectivity index is 2.09. The Morgan fingerprint density at radius 3 is 2.58 bits per heavy atom. The third-order valence-corrected chi connectivity index (χ3v) is 3.10. The fraction of sp³-hybridized carbons (Fsp3) is 0.0625. The molecule has 0 aliphatic rings. The van der Waals surface area contributed by atoms with Crippen molar-refractivity contribution in [1.82, 2.24) is 4.98 Å². The van der Waals surface area contributed by atoms with E-state index in [1.54, 1.807) is 19.4 Å². The van der Waals surface area contributed by atoms with Gasteiger partial charge in [-0.3, -0.25) is 4.98 Å². The maximum Gasteiger partial charge on any atom is 0.132 e. The first-order chi connectivity index (χ1) is 9.28. The molecule has 3 heteroatoms. The molecule has 0 radical (unpaired) electrons. The minimum absolute atomic E-state index is 0.244. The molecule has 0 bridgehead atoms. The summed E-state index contributed by atoms with van der Waals surface area (Å²) >= 11 is 0. The van der Waals surface area contributed by atoms with E-state index in [1.165, 1.54) is 6.07 Å². The smallest absolute Gasteiger partial charge is 0.132 e. The third-order valence-electron chi connectivity index (χ3n) is 3.10. The zero-order valence-corrected chi connectivity index (χ0v) is 10.4. The molecule has 0 saturated carbocycles. The number of halogens is 1. The highest BCUT2D eigenvalue weighted by Crippen LogP contribution is 2.24. The highest BCUT2D eigenvalue weighted by molar-refractivity contribution is 5.85. The number of aromatic nitrogens is 1. The van der Waals surface area contributed by atoms with E-state index in [0.717, 1.165) is 22.4 Å². The highest BCUT2D eigenvalue weighted by Gasteiger charge is 2.04. The van der Waals surface area contributed by atoms with E-state index in [4.69, 9.17) is 4.74 Å². The molecular weight excluding hydrogens is 241 g/mol. The van der Waals surface area contributed by atoms with Crippen molar-refractivity contribution >= 4 is 10.8 Å². The second-order valence-electron chi connectivity index (χ2n) is 4.26. The van der Waals surface area contributed by atoms with E-state index in [-0.39, 0.29) is 5.82 Å². The van der Waals surface area contributed by atoms with Crippen LogP contribution in [0.25, 0.3) is 22.0 Å². The largest absolute Gasteiger partial charge is 0.497 e. The summed E-state index contributed by atoms with van der Waals surface area (Å²) in [4.78, 5) is 4.31. The van der Waals surface area contributed by atoms with E-state index in [0.29, 0.717) is 5.39 Å². The molecule has 0 N–H and O–H groups in total. The van der Waals surface area contributed by atoms with Crippen molar-refractivity contribution in [3.05, 3.63) is 60.5 Å². The number of benzene rings is 2. The molecule has 0 atom stereocenters. The first kappa shape index (κ1) is 11.7. The van der Waals surface area contributed by atoms with E-state index >= 15 is 0 Å². The molecule has 0 fully saturated rings. The van der Waals surface area contributed by atoms with E-state index in [2.05, 4.69) is 4.98 Å². The average molecular weight is 253 g/mol. The first-order valence-corrected chi connectivity index (χ1v) is 5.96. The van der Waals surface area contributed by atoms with Crippen LogP contribution in [-0.4, -0.2) is 12.1 Å². The highest BCUT2D eigenvalue weighted by atomic mass is 19.1. The predicted octanol–water partition coefficient (Wildman–Crippen LogP) is 4.05. The van der Waals surface area contributed by atoms with Gasteiger partial charge in [0.05, 0.1) is 12.8 Å². The summed E-state index contributed by atoms with van der Waals surface area (Å²) in [6, 6.07) is 14.6. The van der Waals surface area contributed by atoms with E-state index < -0.39 is 0 Å². The SMILES string of the molecule is COc1ccc(-c2cc3cccc(F)c3cn2)cc1. The van der Waals surface area contributed by atoms with Crippen molar-refractivity contribution in [3.63, 3.8) is 0 Å². The second-order valence-corrected chi connectivity index (χ2v) is 4.26. The summed E-state index contributed by atoms with van der Waals surface area (Å²) in [5.41, 5.74) is 1.80. The van der Waals surface area contributed by atoms with Gasteiger partial charge in [0, 0.05) is 17.1 Å². The molecule has 3 rings (SSSR count). The van der Waals surface area contributed by atoms with Crippen LogP contribution < -0.4 is 4.74 Å². The number of hydrogen-bond donors (Lipinski definition) is 0. The summed E-state index contributed by atoms with van der Waals surface area (Å²) in [7, 11) is 1.63. The number of fused-ring (bicyclic) bond motifs is 1. The molecule has 0 aliphatic heterocycles. The summed E-state index contributed by atoms with van der Waals surface area (Å²) in [6.45, 7) is 0. The summed E-state index contributed by atoms with van der Waals surface area (Å²) < 4.78 is 18.7. The summed E-state index contributed by atoms with van der Waals surface area (Å²) in [6.07, 6.45) is 1.57. The second kappa shape index (κ2) is 4.69. The summed E-state index contributed by atoms with van der Waals surface area (Å²) in [5.74, 6) is 0.557. The van der Waals surface area contributed by atoms with Gasteiger partial charge in [-0.2, -0.15) is 0 Å². The van der Waals surface area contributed by atoms with Gasteiger partial charge in [0.2, 0.25) is 0 Å². The van der Waals surface area contributed by atoms with Gasteiger partial charge in [0.25, 0.3) is 0 Å². The minimum Gasteiger partial charge on any atom is -0.497 e. The van der Waals surface area contributed by atoms with Crippen molar-refractivity contribution < 1.29 is 9.13 Å². The van der Waals surface area contributed by atoms with Gasteiger partial charge in [0.1, 0.15) is 11.6 Å². The Morgan fingerprint density at radius 1 is 1.05 bits per heavy atom. The maximum absolute atomic E-state index is 13.6. The van der Waals surface area contributed by atoms with Crippen LogP contribution in [0.4, 0.5) is 4.39 Å². The number of pyridine rings is 1. The lowest BCUT2D eigenvalue weighted by molar-refractivity contribution is 0.415. The molecule has 0 unspecified atom stereocenters. The molecule has 3 aromatic rings. The zero-order valence-electron chi connectivity index (χ0n) is 10.4. The molecule has 2 aromatic carbocycles. The molecule has 0 aliphatic carbocycles. The topological polar surface area (TPSA) is 22.1 Å². The molecule has 19 heavy (non-hydrogen) atoms. The first-order valence-electron chi connectivity index (χ1n) is 5.96. The monoisotopic (exact) mass is 253 g/mol. The molecule has 1 heterocycles. The van der Waals surface area contributed by atoms with Crippen LogP contribution in [0, 0.1) is 5.82 Å². The number of hydrogen-bond acceptors (Lipinski definition) is 2. The van der Waals surface area contributed by atoms with Crippen LogP contribution in [0.3, 0.4) is 0 Å². The van der Waals surface area contributed by atoms with Crippen LogP contribution in [0.2, 0.25) is 0 Å². The van der Waals surface area contributed by atoms with Crippen LogP contribution >= 0.6 is 0 Å². The van der Waals surface area contributed by atoms with Crippen LogP contribution in [0.15, 0.2) is 54.7 Å². The van der Waals surface area contributed by atoms with Crippen LogP contribution in [0.1, 0.15) is 0 Å². The Kier molecular flexibility index (Phi) is 2.88. The van der Waals surface area contributed by atoms with Crippen LogP contribution in [-0.2, 0) is 0 Å². The van der Waals surface area contributed by atoms with Crippen molar-refractivity contribution in [2.75, 3.05) is 7.11 Å². The maximum atomic E-state index is 13.6. The lowest BCUT2D eigenvalue weighted by Gasteiger charge is -2.05. The van der Waals surface area contributed by atoms with Gasteiger partial charge in [-0.25, -0.2) is 4.39 Å². The molecular formula is C16H12FNO. The third kappa shape index (κ3) is 2.15. The van der Waals surface area contributed by atoms with Gasteiger partial charge in [-0.15, -0.1) is 0 Å². The number of nitrogens with zero attached hydrogens (tertiary/aromatic N) is 1. The van der Waals surface area contributed by atoms with Gasteiger partial charge in [-0.1, -0.05) is 12.1 Å². The predicted molar refractivity (Wildman–Crippen MR) is 73.7 cm³/mol. The van der Waals surface area contributed by atoms with Gasteiger partial charge < -0.3 is 4.74 Å². The van der Waals surface area contributed by atoms with Gasteiger partial charge in [0.15, 0.2) is 0 Å². The molecule has 0 saturated heterocycles. The zero-order chi connectivity index (χ0) is 13.2. The molecule has 0 amide bonds. The van der Waals surface area contributed by atoms with E-state index in [1.807, 2.05) is 36.4 Å². The normalized spacial score (nSPS) is 10.6. The van der Waals surface area contributed by atoms with E-state index in [9.17, 15) is 4.39 Å². The fourth-order valence-electron chi connectivity index (χ4n) is 2.05. The molecule has 1 aromatic heterocycles. The number of rotatable bonds is 2.